The molecule has 3 N–H and O–H groups in total. The van der Waals surface area contributed by atoms with E-state index in [0.29, 0.717) is 43.3 Å². The van der Waals surface area contributed by atoms with Gasteiger partial charge in [-0.2, -0.15) is 0 Å². The van der Waals surface area contributed by atoms with Gasteiger partial charge in [0.15, 0.2) is 5.43 Å². The van der Waals surface area contributed by atoms with Crippen molar-refractivity contribution in [1.29, 1.82) is 0 Å². The number of pyridine rings is 2. The summed E-state index contributed by atoms with van der Waals surface area (Å²) in [6.45, 7) is 0. The van der Waals surface area contributed by atoms with E-state index in [0.717, 1.165) is 0 Å². The highest BCUT2D eigenvalue weighted by molar-refractivity contribution is 6.03. The van der Waals surface area contributed by atoms with Crippen molar-refractivity contribution >= 4 is 16.8 Å². The molecule has 1 amide bonds. The van der Waals surface area contributed by atoms with Gasteiger partial charge in [-0.15, -0.1) is 0 Å². The third kappa shape index (κ3) is 4.04. The molecule has 0 saturated heterocycles. The lowest BCUT2D eigenvalue weighted by atomic mass is 9.52. The Morgan fingerprint density at radius 1 is 1.06 bits per heavy atom. The number of hydrogen-bond acceptors (Lipinski definition) is 3. The van der Waals surface area contributed by atoms with Crippen LogP contribution < -0.4 is 11.2 Å². The first-order valence-electron chi connectivity index (χ1n) is 11.6. The van der Waals surface area contributed by atoms with Gasteiger partial charge < -0.3 is 10.7 Å². The van der Waals surface area contributed by atoms with Crippen molar-refractivity contribution in [3.8, 4) is 0 Å². The average Bonchev–Trinajstić information content (AvgIpc) is 2.72. The number of H-pyrrole nitrogens is 1. The van der Waals surface area contributed by atoms with E-state index in [2.05, 4.69) is 9.97 Å². The molecule has 2 heterocycles. The Balaban J connectivity index is 1.53. The van der Waals surface area contributed by atoms with E-state index in [4.69, 9.17) is 5.73 Å². The van der Waals surface area contributed by atoms with Crippen LogP contribution in [0.15, 0.2) is 23.1 Å². The van der Waals surface area contributed by atoms with E-state index in [1.807, 2.05) is 0 Å². The summed E-state index contributed by atoms with van der Waals surface area (Å²) in [4.78, 5) is 31.9. The standard InChI is InChI=1S/C24H27F4N3O2/c25-23(26)6-1-13(2-7-23)14-3-5-22(11-24(27,28)12-22)10-15(14)17-9-18(32)19-16(31-17)4-8-30-20(19)21(29)33/h4,8-9,13-15H,1-3,5-7,10-12H2,(H2,29,33)(H,31,32)/t14?,15-/m1/s1. The Morgan fingerprint density at radius 3 is 2.39 bits per heavy atom. The quantitative estimate of drug-likeness (QED) is 0.615. The highest BCUT2D eigenvalue weighted by atomic mass is 19.3. The third-order valence-electron chi connectivity index (χ3n) is 8.21. The zero-order valence-corrected chi connectivity index (χ0v) is 18.2. The van der Waals surface area contributed by atoms with Crippen LogP contribution in [0.3, 0.4) is 0 Å². The number of aromatic nitrogens is 2. The summed E-state index contributed by atoms with van der Waals surface area (Å²) < 4.78 is 55.3. The second-order valence-electron chi connectivity index (χ2n) is 10.5. The highest BCUT2D eigenvalue weighted by Gasteiger charge is 2.59. The van der Waals surface area contributed by atoms with Gasteiger partial charge in [0.1, 0.15) is 5.69 Å². The minimum atomic E-state index is -2.66. The fourth-order valence-electron chi connectivity index (χ4n) is 6.76. The maximum absolute atomic E-state index is 13.8. The number of alkyl halides is 4. The van der Waals surface area contributed by atoms with Crippen LogP contribution in [0.2, 0.25) is 0 Å². The molecule has 0 aromatic carbocycles. The molecule has 33 heavy (non-hydrogen) atoms. The fourth-order valence-corrected chi connectivity index (χ4v) is 6.76. The topological polar surface area (TPSA) is 88.8 Å². The summed E-state index contributed by atoms with van der Waals surface area (Å²) in [7, 11) is 0. The molecule has 178 valence electrons. The predicted octanol–water partition coefficient (Wildman–Crippen LogP) is 5.15. The molecule has 3 aliphatic rings. The summed E-state index contributed by atoms with van der Waals surface area (Å²) >= 11 is 0. The molecule has 2 aromatic heterocycles. The SMILES string of the molecule is NC(=O)c1nccc2[nH]c([C@@H]3CC4(CCC3C3CCC(F)(F)CC3)CC(F)(F)C4)cc(=O)c12. The predicted molar refractivity (Wildman–Crippen MR) is 114 cm³/mol. The van der Waals surface area contributed by atoms with Crippen LogP contribution >= 0.6 is 0 Å². The summed E-state index contributed by atoms with van der Waals surface area (Å²) in [6.07, 6.45) is 3.35. The summed E-state index contributed by atoms with van der Waals surface area (Å²) in [6, 6.07) is 3.00. The van der Waals surface area contributed by atoms with Crippen molar-refractivity contribution in [3.05, 3.63) is 39.9 Å². The first-order valence-corrected chi connectivity index (χ1v) is 11.6. The van der Waals surface area contributed by atoms with Crippen molar-refractivity contribution in [2.45, 2.75) is 75.6 Å². The molecule has 5 nitrogen and oxygen atoms in total. The fraction of sp³-hybridized carbons (Fsp3) is 0.625. The molecule has 1 unspecified atom stereocenters. The molecule has 9 heteroatoms. The number of halogens is 4. The molecular formula is C24H27F4N3O2. The Bertz CT molecular complexity index is 1140. The van der Waals surface area contributed by atoms with E-state index in [9.17, 15) is 27.2 Å². The normalized spacial score (nSPS) is 28.5. The van der Waals surface area contributed by atoms with Crippen LogP contribution in [0, 0.1) is 17.3 Å². The van der Waals surface area contributed by atoms with Gasteiger partial charge in [0.2, 0.25) is 11.8 Å². The first-order chi connectivity index (χ1) is 15.5. The summed E-state index contributed by atoms with van der Waals surface area (Å²) in [5.74, 6) is -6.24. The number of carbonyl (C=O) groups is 1. The van der Waals surface area contributed by atoms with Gasteiger partial charge in [0, 0.05) is 49.6 Å². The first kappa shape index (κ1) is 22.3. The number of amides is 1. The van der Waals surface area contributed by atoms with Gasteiger partial charge in [-0.1, -0.05) is 0 Å². The van der Waals surface area contributed by atoms with Crippen LogP contribution in [-0.4, -0.2) is 27.7 Å². The second kappa shape index (κ2) is 7.53. The van der Waals surface area contributed by atoms with E-state index >= 15 is 0 Å². The molecule has 1 spiro atoms. The van der Waals surface area contributed by atoms with Gasteiger partial charge in [0.25, 0.3) is 5.91 Å². The smallest absolute Gasteiger partial charge is 0.268 e. The minimum absolute atomic E-state index is 0.0338. The van der Waals surface area contributed by atoms with Gasteiger partial charge in [0.05, 0.1) is 10.9 Å². The number of nitrogens with zero attached hydrogens (tertiary/aromatic N) is 1. The monoisotopic (exact) mass is 465 g/mol. The van der Waals surface area contributed by atoms with Crippen LogP contribution in [0.4, 0.5) is 17.6 Å². The molecule has 0 aliphatic heterocycles. The van der Waals surface area contributed by atoms with Crippen molar-refractivity contribution in [1.82, 2.24) is 9.97 Å². The number of carbonyl (C=O) groups excluding carboxylic acids is 1. The zero-order valence-electron chi connectivity index (χ0n) is 18.2. The lowest BCUT2D eigenvalue weighted by Crippen LogP contribution is -2.50. The Kier molecular flexibility index (Phi) is 5.10. The molecule has 3 fully saturated rings. The molecule has 2 aromatic rings. The lowest BCUT2D eigenvalue weighted by molar-refractivity contribution is -0.182. The molecule has 0 bridgehead atoms. The van der Waals surface area contributed by atoms with Crippen molar-refractivity contribution < 1.29 is 22.4 Å². The molecule has 3 saturated carbocycles. The third-order valence-corrected chi connectivity index (χ3v) is 8.21. The number of fused-ring (bicyclic) bond motifs is 1. The number of aromatic amines is 1. The van der Waals surface area contributed by atoms with Crippen LogP contribution in [0.5, 0.6) is 0 Å². The number of nitrogens with two attached hydrogens (primary N) is 1. The van der Waals surface area contributed by atoms with Crippen LogP contribution in [-0.2, 0) is 0 Å². The maximum Gasteiger partial charge on any atom is 0.268 e. The van der Waals surface area contributed by atoms with E-state index in [-0.39, 0.29) is 54.5 Å². The van der Waals surface area contributed by atoms with Gasteiger partial charge in [-0.25, -0.2) is 17.6 Å². The van der Waals surface area contributed by atoms with Crippen molar-refractivity contribution in [2.75, 3.05) is 0 Å². The van der Waals surface area contributed by atoms with Crippen molar-refractivity contribution in [3.63, 3.8) is 0 Å². The van der Waals surface area contributed by atoms with Crippen molar-refractivity contribution in [2.24, 2.45) is 23.0 Å². The molecule has 5 rings (SSSR count). The van der Waals surface area contributed by atoms with E-state index in [1.165, 1.54) is 12.3 Å². The Labute approximate surface area is 188 Å². The minimum Gasteiger partial charge on any atom is -0.364 e. The van der Waals surface area contributed by atoms with Gasteiger partial charge in [-0.05, 0) is 55.4 Å². The second-order valence-corrected chi connectivity index (χ2v) is 10.5. The Hall–Kier alpha value is -2.45. The summed E-state index contributed by atoms with van der Waals surface area (Å²) in [5.41, 5.74) is 5.39. The highest BCUT2D eigenvalue weighted by Crippen LogP contribution is 2.64. The number of nitrogens with one attached hydrogen (secondary N) is 1. The number of rotatable bonds is 3. The average molecular weight is 465 g/mol. The van der Waals surface area contributed by atoms with Crippen LogP contribution in [0.1, 0.15) is 79.9 Å². The van der Waals surface area contributed by atoms with E-state index < -0.39 is 28.6 Å². The van der Waals surface area contributed by atoms with E-state index in [1.54, 1.807) is 6.07 Å². The van der Waals surface area contributed by atoms with Gasteiger partial charge in [-0.3, -0.25) is 14.6 Å². The maximum atomic E-state index is 13.8. The molecule has 3 aliphatic carbocycles. The number of primary amides is 1. The molecule has 2 atom stereocenters. The number of hydrogen-bond donors (Lipinski definition) is 2. The Morgan fingerprint density at radius 2 is 1.76 bits per heavy atom. The zero-order chi connectivity index (χ0) is 23.6. The molecule has 0 radical (unpaired) electrons. The largest absolute Gasteiger partial charge is 0.364 e. The lowest BCUT2D eigenvalue weighted by Gasteiger charge is -2.55. The van der Waals surface area contributed by atoms with Gasteiger partial charge >= 0.3 is 0 Å². The van der Waals surface area contributed by atoms with Crippen LogP contribution in [0.25, 0.3) is 10.9 Å². The summed E-state index contributed by atoms with van der Waals surface area (Å²) in [5, 5.41) is 0.100. The molecular weight excluding hydrogens is 438 g/mol.